The molecule has 0 bridgehead atoms. The third-order valence-electron chi connectivity index (χ3n) is 2.07. The molecule has 0 saturated heterocycles. The van der Waals surface area contributed by atoms with Crippen molar-refractivity contribution in [3.63, 3.8) is 0 Å². The number of rotatable bonds is 2. The van der Waals surface area contributed by atoms with E-state index in [0.29, 0.717) is 5.56 Å². The highest BCUT2D eigenvalue weighted by Gasteiger charge is 2.10. The van der Waals surface area contributed by atoms with E-state index in [2.05, 4.69) is 15.9 Å². The highest BCUT2D eigenvalue weighted by Crippen LogP contribution is 2.32. The molecule has 0 radical (unpaired) electrons. The Kier molecular flexibility index (Phi) is 3.07. The molecule has 0 aliphatic carbocycles. The van der Waals surface area contributed by atoms with Crippen LogP contribution in [0.4, 0.5) is 4.39 Å². The van der Waals surface area contributed by atoms with E-state index >= 15 is 0 Å². The summed E-state index contributed by atoms with van der Waals surface area (Å²) in [6.07, 6.45) is 0. The van der Waals surface area contributed by atoms with Gasteiger partial charge in [-0.15, -0.1) is 0 Å². The van der Waals surface area contributed by atoms with Crippen LogP contribution in [0.3, 0.4) is 0 Å². The molecule has 0 aliphatic heterocycles. The van der Waals surface area contributed by atoms with Gasteiger partial charge in [0.15, 0.2) is 0 Å². The lowest BCUT2D eigenvalue weighted by molar-refractivity contribution is 0.0696. The Morgan fingerprint density at radius 1 is 1.31 bits per heavy atom. The highest BCUT2D eigenvalue weighted by atomic mass is 79.9. The molecule has 0 amide bonds. The Labute approximate surface area is 103 Å². The highest BCUT2D eigenvalue weighted by molar-refractivity contribution is 9.10. The van der Waals surface area contributed by atoms with Gasteiger partial charge in [-0.1, -0.05) is 0 Å². The van der Waals surface area contributed by atoms with Crippen LogP contribution in [0.5, 0.6) is 0 Å². The lowest BCUT2D eigenvalue weighted by Crippen LogP contribution is -1.97. The van der Waals surface area contributed by atoms with Crippen LogP contribution in [0.25, 0.3) is 11.1 Å². The molecule has 2 nitrogen and oxygen atoms in total. The molecule has 5 heteroatoms. The lowest BCUT2D eigenvalue weighted by atomic mass is 10.1. The number of carboxylic acids is 1. The SMILES string of the molecule is O=C(O)c1cc(F)cc(-c2cscc2Br)c1. The first kappa shape index (κ1) is 11.3. The maximum atomic E-state index is 13.2. The van der Waals surface area contributed by atoms with E-state index in [0.717, 1.165) is 16.1 Å². The van der Waals surface area contributed by atoms with Crippen molar-refractivity contribution in [1.29, 1.82) is 0 Å². The summed E-state index contributed by atoms with van der Waals surface area (Å²) in [6, 6.07) is 3.78. The van der Waals surface area contributed by atoms with Gasteiger partial charge in [0.1, 0.15) is 5.82 Å². The largest absolute Gasteiger partial charge is 0.478 e. The van der Waals surface area contributed by atoms with E-state index in [1.54, 1.807) is 0 Å². The summed E-state index contributed by atoms with van der Waals surface area (Å²) in [6.45, 7) is 0. The number of aromatic carboxylic acids is 1. The predicted octanol–water partition coefficient (Wildman–Crippen LogP) is 4.01. The van der Waals surface area contributed by atoms with Gasteiger partial charge < -0.3 is 5.11 Å². The van der Waals surface area contributed by atoms with Gasteiger partial charge in [-0.3, -0.25) is 0 Å². The Hall–Kier alpha value is -1.20. The molecular formula is C11H6BrFO2S. The third-order valence-corrected chi connectivity index (χ3v) is 3.77. The Morgan fingerprint density at radius 3 is 2.62 bits per heavy atom. The van der Waals surface area contributed by atoms with Crippen molar-refractivity contribution in [2.45, 2.75) is 0 Å². The van der Waals surface area contributed by atoms with Crippen LogP contribution < -0.4 is 0 Å². The molecule has 0 aliphatic rings. The van der Waals surface area contributed by atoms with Crippen molar-refractivity contribution in [3.05, 3.63) is 44.8 Å². The van der Waals surface area contributed by atoms with Gasteiger partial charge in [-0.25, -0.2) is 9.18 Å². The summed E-state index contributed by atoms with van der Waals surface area (Å²) in [5.41, 5.74) is 1.31. The minimum atomic E-state index is -1.13. The topological polar surface area (TPSA) is 37.3 Å². The molecule has 0 unspecified atom stereocenters. The monoisotopic (exact) mass is 300 g/mol. The Morgan fingerprint density at radius 2 is 2.06 bits per heavy atom. The summed E-state index contributed by atoms with van der Waals surface area (Å²) >= 11 is 4.79. The summed E-state index contributed by atoms with van der Waals surface area (Å²) in [4.78, 5) is 10.8. The molecular weight excluding hydrogens is 295 g/mol. The number of halogens is 2. The zero-order chi connectivity index (χ0) is 11.7. The minimum Gasteiger partial charge on any atom is -0.478 e. The molecule has 82 valence electrons. The number of carboxylic acid groups (broad SMARTS) is 1. The van der Waals surface area contributed by atoms with Crippen LogP contribution in [0.1, 0.15) is 10.4 Å². The average Bonchev–Trinajstić information content (AvgIpc) is 2.63. The van der Waals surface area contributed by atoms with Gasteiger partial charge in [0.25, 0.3) is 0 Å². The van der Waals surface area contributed by atoms with Crippen molar-refractivity contribution in [3.8, 4) is 11.1 Å². The first-order chi connectivity index (χ1) is 7.58. The smallest absolute Gasteiger partial charge is 0.335 e. The first-order valence-electron chi connectivity index (χ1n) is 4.34. The molecule has 1 aromatic carbocycles. The summed E-state index contributed by atoms with van der Waals surface area (Å²) in [7, 11) is 0. The van der Waals surface area contributed by atoms with Gasteiger partial charge in [0.05, 0.1) is 5.56 Å². The quantitative estimate of drug-likeness (QED) is 0.910. The maximum Gasteiger partial charge on any atom is 0.335 e. The second kappa shape index (κ2) is 4.35. The Bertz CT molecular complexity index is 551. The molecule has 16 heavy (non-hydrogen) atoms. The minimum absolute atomic E-state index is 0.0481. The van der Waals surface area contributed by atoms with Crippen LogP contribution in [0, 0.1) is 5.82 Å². The van der Waals surface area contributed by atoms with Gasteiger partial charge >= 0.3 is 5.97 Å². The molecule has 1 aromatic heterocycles. The molecule has 2 aromatic rings. The number of carbonyl (C=O) groups is 1. The van der Waals surface area contributed by atoms with E-state index < -0.39 is 11.8 Å². The molecule has 0 atom stereocenters. The maximum absolute atomic E-state index is 13.2. The number of hydrogen-bond donors (Lipinski definition) is 1. The van der Waals surface area contributed by atoms with Crippen molar-refractivity contribution < 1.29 is 14.3 Å². The Balaban J connectivity index is 2.58. The van der Waals surface area contributed by atoms with E-state index in [9.17, 15) is 9.18 Å². The number of benzene rings is 1. The fourth-order valence-corrected chi connectivity index (χ4v) is 2.89. The second-order valence-electron chi connectivity index (χ2n) is 3.17. The van der Waals surface area contributed by atoms with Gasteiger partial charge in [0, 0.05) is 15.4 Å². The van der Waals surface area contributed by atoms with Gasteiger partial charge in [-0.05, 0) is 45.1 Å². The number of hydrogen-bond acceptors (Lipinski definition) is 2. The van der Waals surface area contributed by atoms with Crippen LogP contribution in [0.2, 0.25) is 0 Å². The van der Waals surface area contributed by atoms with Crippen LogP contribution >= 0.6 is 27.3 Å². The van der Waals surface area contributed by atoms with Crippen molar-refractivity contribution in [2.75, 3.05) is 0 Å². The molecule has 1 heterocycles. The van der Waals surface area contributed by atoms with E-state index in [1.165, 1.54) is 23.5 Å². The van der Waals surface area contributed by atoms with Crippen molar-refractivity contribution >= 4 is 33.2 Å². The normalized spacial score (nSPS) is 10.4. The van der Waals surface area contributed by atoms with Gasteiger partial charge in [-0.2, -0.15) is 11.3 Å². The zero-order valence-corrected chi connectivity index (χ0v) is 10.3. The predicted molar refractivity (Wildman–Crippen MR) is 64.4 cm³/mol. The zero-order valence-electron chi connectivity index (χ0n) is 7.91. The summed E-state index contributed by atoms with van der Waals surface area (Å²) in [5.74, 6) is -1.68. The second-order valence-corrected chi connectivity index (χ2v) is 4.77. The van der Waals surface area contributed by atoms with Crippen LogP contribution in [-0.2, 0) is 0 Å². The summed E-state index contributed by atoms with van der Waals surface area (Å²) in [5, 5.41) is 12.5. The first-order valence-corrected chi connectivity index (χ1v) is 6.07. The van der Waals surface area contributed by atoms with Gasteiger partial charge in [0.2, 0.25) is 0 Å². The fraction of sp³-hybridized carbons (Fsp3) is 0. The van der Waals surface area contributed by atoms with Crippen molar-refractivity contribution in [1.82, 2.24) is 0 Å². The fourth-order valence-electron chi connectivity index (χ4n) is 1.36. The average molecular weight is 301 g/mol. The van der Waals surface area contributed by atoms with E-state index in [-0.39, 0.29) is 5.56 Å². The number of thiophene rings is 1. The molecule has 0 saturated carbocycles. The molecule has 0 fully saturated rings. The molecule has 1 N–H and O–H groups in total. The van der Waals surface area contributed by atoms with E-state index in [1.807, 2.05) is 10.8 Å². The summed E-state index contributed by atoms with van der Waals surface area (Å²) < 4.78 is 14.1. The molecule has 0 spiro atoms. The van der Waals surface area contributed by atoms with Crippen LogP contribution in [0.15, 0.2) is 33.4 Å². The van der Waals surface area contributed by atoms with Crippen molar-refractivity contribution in [2.24, 2.45) is 0 Å². The lowest BCUT2D eigenvalue weighted by Gasteiger charge is -2.02. The van der Waals surface area contributed by atoms with Crippen LogP contribution in [-0.4, -0.2) is 11.1 Å². The third kappa shape index (κ3) is 2.15. The molecule has 2 rings (SSSR count). The van der Waals surface area contributed by atoms with E-state index in [4.69, 9.17) is 5.11 Å². The standard InChI is InChI=1S/C11H6BrFO2S/c12-10-5-16-4-9(10)6-1-7(11(14)15)3-8(13)2-6/h1-5H,(H,14,15).